The Bertz CT molecular complexity index is 576. The summed E-state index contributed by atoms with van der Waals surface area (Å²) in [7, 11) is -3.33. The summed E-state index contributed by atoms with van der Waals surface area (Å²) in [5.74, 6) is -0.0209. The van der Waals surface area contributed by atoms with Gasteiger partial charge < -0.3 is 9.47 Å². The molecule has 0 saturated carbocycles. The monoisotopic (exact) mass is 313 g/mol. The molecular formula is C14H19NO5S. The Morgan fingerprint density at radius 1 is 1.24 bits per heavy atom. The number of hydrogen-bond acceptors (Lipinski definition) is 6. The van der Waals surface area contributed by atoms with Crippen LogP contribution in [-0.2, 0) is 19.4 Å². The molecule has 0 spiro atoms. The van der Waals surface area contributed by atoms with Gasteiger partial charge >= 0.3 is 5.97 Å². The fraction of sp³-hybridized carbons (Fsp3) is 0.500. The van der Waals surface area contributed by atoms with E-state index in [2.05, 4.69) is 4.90 Å². The molecule has 1 aliphatic rings. The Balaban J connectivity index is 1.96. The van der Waals surface area contributed by atoms with Gasteiger partial charge in [-0.15, -0.1) is 0 Å². The fourth-order valence-corrected chi connectivity index (χ4v) is 3.36. The summed E-state index contributed by atoms with van der Waals surface area (Å²) in [6.45, 7) is 4.63. The molecule has 0 atom stereocenters. The molecule has 0 N–H and O–H groups in total. The molecular weight excluding hydrogens is 294 g/mol. The van der Waals surface area contributed by atoms with E-state index in [1.54, 1.807) is 0 Å². The molecule has 6 nitrogen and oxygen atoms in total. The molecule has 1 saturated heterocycles. The van der Waals surface area contributed by atoms with Gasteiger partial charge in [-0.25, -0.2) is 8.42 Å². The van der Waals surface area contributed by atoms with Gasteiger partial charge in [0.2, 0.25) is 0 Å². The molecule has 1 heterocycles. The molecule has 0 bridgehead atoms. The number of esters is 1. The smallest absolute Gasteiger partial charge is 0.308 e. The van der Waals surface area contributed by atoms with Crippen molar-refractivity contribution in [2.75, 3.05) is 38.6 Å². The molecule has 116 valence electrons. The van der Waals surface area contributed by atoms with E-state index in [-0.39, 0.29) is 10.6 Å². The number of nitrogens with zero attached hydrogens (tertiary/aromatic N) is 1. The van der Waals surface area contributed by atoms with E-state index in [1.807, 2.05) is 0 Å². The van der Waals surface area contributed by atoms with Gasteiger partial charge in [-0.2, -0.15) is 0 Å². The lowest BCUT2D eigenvalue weighted by atomic mass is 10.3. The van der Waals surface area contributed by atoms with E-state index in [4.69, 9.17) is 9.47 Å². The quantitative estimate of drug-likeness (QED) is 0.589. The maximum absolute atomic E-state index is 12.2. The zero-order valence-electron chi connectivity index (χ0n) is 11.9. The summed E-state index contributed by atoms with van der Waals surface area (Å²) in [6, 6.07) is 5.91. The van der Waals surface area contributed by atoms with Crippen LogP contribution in [-0.4, -0.2) is 57.9 Å². The summed E-state index contributed by atoms with van der Waals surface area (Å²) in [4.78, 5) is 13.1. The number of carbonyl (C=O) groups excluding carboxylic acids is 1. The first kappa shape index (κ1) is 15.9. The minimum Gasteiger partial charge on any atom is -0.427 e. The summed E-state index contributed by atoms with van der Waals surface area (Å²) < 4.78 is 34.6. The lowest BCUT2D eigenvalue weighted by Gasteiger charge is -2.26. The molecule has 0 amide bonds. The Hall–Kier alpha value is -1.44. The highest BCUT2D eigenvalue weighted by molar-refractivity contribution is 7.91. The second-order valence-electron chi connectivity index (χ2n) is 4.84. The molecule has 0 unspecified atom stereocenters. The van der Waals surface area contributed by atoms with Crippen LogP contribution in [0.25, 0.3) is 0 Å². The lowest BCUT2D eigenvalue weighted by molar-refractivity contribution is -0.131. The molecule has 1 fully saturated rings. The van der Waals surface area contributed by atoms with Gasteiger partial charge in [0, 0.05) is 26.6 Å². The van der Waals surface area contributed by atoms with E-state index < -0.39 is 15.8 Å². The van der Waals surface area contributed by atoms with E-state index in [9.17, 15) is 13.2 Å². The largest absolute Gasteiger partial charge is 0.427 e. The van der Waals surface area contributed by atoms with Gasteiger partial charge in [0.25, 0.3) is 0 Å². The van der Waals surface area contributed by atoms with Crippen molar-refractivity contribution < 1.29 is 22.7 Å². The fourth-order valence-electron chi connectivity index (χ4n) is 2.07. The van der Waals surface area contributed by atoms with Gasteiger partial charge in [0.1, 0.15) is 5.75 Å². The highest BCUT2D eigenvalue weighted by Crippen LogP contribution is 2.17. The molecule has 7 heteroatoms. The molecule has 0 aromatic heterocycles. The predicted molar refractivity (Wildman–Crippen MR) is 77.1 cm³/mol. The second kappa shape index (κ2) is 7.02. The van der Waals surface area contributed by atoms with Crippen LogP contribution in [0.5, 0.6) is 5.75 Å². The number of rotatable bonds is 5. The van der Waals surface area contributed by atoms with E-state index >= 15 is 0 Å². The lowest BCUT2D eigenvalue weighted by Crippen LogP contribution is -2.39. The number of carbonyl (C=O) groups is 1. The molecule has 1 aliphatic heterocycles. The standard InChI is InChI=1S/C14H19NO5S/c1-12(16)20-13-2-4-14(5-3-13)21(17,18)11-8-15-6-9-19-10-7-15/h2-5H,6-11H2,1H3. The van der Waals surface area contributed by atoms with E-state index in [1.165, 1.54) is 31.2 Å². The summed E-state index contributed by atoms with van der Waals surface area (Å²) in [6.07, 6.45) is 0. The van der Waals surface area contributed by atoms with Crippen molar-refractivity contribution in [3.05, 3.63) is 24.3 Å². The van der Waals surface area contributed by atoms with Gasteiger partial charge in [0.05, 0.1) is 23.9 Å². The molecule has 0 radical (unpaired) electrons. The van der Waals surface area contributed by atoms with Gasteiger partial charge in [-0.05, 0) is 24.3 Å². The number of hydrogen-bond donors (Lipinski definition) is 0. The maximum atomic E-state index is 12.2. The molecule has 0 aliphatic carbocycles. The van der Waals surface area contributed by atoms with Crippen LogP contribution in [0.3, 0.4) is 0 Å². The second-order valence-corrected chi connectivity index (χ2v) is 6.95. The maximum Gasteiger partial charge on any atom is 0.308 e. The SMILES string of the molecule is CC(=O)Oc1ccc(S(=O)(=O)CCN2CCOCC2)cc1. The summed E-state index contributed by atoms with van der Waals surface area (Å²) in [5, 5.41) is 0. The minimum absolute atomic E-state index is 0.0694. The van der Waals surface area contributed by atoms with Crippen molar-refractivity contribution in [3.63, 3.8) is 0 Å². The van der Waals surface area contributed by atoms with Crippen LogP contribution in [0, 0.1) is 0 Å². The third kappa shape index (κ3) is 4.80. The Morgan fingerprint density at radius 2 is 1.86 bits per heavy atom. The van der Waals surface area contributed by atoms with Gasteiger partial charge in [0.15, 0.2) is 9.84 Å². The predicted octanol–water partition coefficient (Wildman–Crippen LogP) is 0.718. The van der Waals surface area contributed by atoms with Gasteiger partial charge in [-0.1, -0.05) is 0 Å². The van der Waals surface area contributed by atoms with Crippen molar-refractivity contribution >= 4 is 15.8 Å². The topological polar surface area (TPSA) is 72.9 Å². The van der Waals surface area contributed by atoms with E-state index in [0.29, 0.717) is 25.5 Å². The molecule has 2 rings (SSSR count). The van der Waals surface area contributed by atoms with Crippen LogP contribution in [0.4, 0.5) is 0 Å². The van der Waals surface area contributed by atoms with Crippen LogP contribution in [0.2, 0.25) is 0 Å². The first-order valence-electron chi connectivity index (χ1n) is 6.79. The normalized spacial score (nSPS) is 16.6. The van der Waals surface area contributed by atoms with Crippen molar-refractivity contribution in [2.45, 2.75) is 11.8 Å². The van der Waals surface area contributed by atoms with E-state index in [0.717, 1.165) is 13.1 Å². The van der Waals surface area contributed by atoms with Crippen molar-refractivity contribution in [1.29, 1.82) is 0 Å². The Labute approximate surface area is 124 Å². The van der Waals surface area contributed by atoms with Crippen molar-refractivity contribution in [1.82, 2.24) is 4.90 Å². The summed E-state index contributed by atoms with van der Waals surface area (Å²) >= 11 is 0. The number of sulfone groups is 1. The Morgan fingerprint density at radius 3 is 2.43 bits per heavy atom. The van der Waals surface area contributed by atoms with Crippen molar-refractivity contribution in [3.8, 4) is 5.75 Å². The van der Waals surface area contributed by atoms with Crippen LogP contribution >= 0.6 is 0 Å². The summed E-state index contributed by atoms with van der Waals surface area (Å²) in [5.41, 5.74) is 0. The number of benzene rings is 1. The van der Waals surface area contributed by atoms with Crippen LogP contribution in [0.1, 0.15) is 6.92 Å². The third-order valence-corrected chi connectivity index (χ3v) is 4.93. The zero-order valence-corrected chi connectivity index (χ0v) is 12.8. The van der Waals surface area contributed by atoms with Crippen LogP contribution < -0.4 is 4.74 Å². The van der Waals surface area contributed by atoms with Gasteiger partial charge in [-0.3, -0.25) is 9.69 Å². The number of morpholine rings is 1. The highest BCUT2D eigenvalue weighted by Gasteiger charge is 2.18. The van der Waals surface area contributed by atoms with Crippen LogP contribution in [0.15, 0.2) is 29.2 Å². The molecule has 1 aromatic rings. The molecule has 1 aromatic carbocycles. The van der Waals surface area contributed by atoms with Crippen molar-refractivity contribution in [2.24, 2.45) is 0 Å². The average molecular weight is 313 g/mol. The molecule has 21 heavy (non-hydrogen) atoms. The first-order valence-corrected chi connectivity index (χ1v) is 8.44. The minimum atomic E-state index is -3.33. The highest BCUT2D eigenvalue weighted by atomic mass is 32.2. The first-order chi connectivity index (χ1) is 9.97. The third-order valence-electron chi connectivity index (χ3n) is 3.22. The number of ether oxygens (including phenoxy) is 2. The average Bonchev–Trinajstić information content (AvgIpc) is 2.46. The Kier molecular flexibility index (Phi) is 5.33. The zero-order chi connectivity index (χ0) is 15.3.